The summed E-state index contributed by atoms with van der Waals surface area (Å²) in [5, 5.41) is 14.4. The third-order valence-electron chi connectivity index (χ3n) is 4.23. The van der Waals surface area contributed by atoms with Gasteiger partial charge in [0.15, 0.2) is 5.82 Å². The quantitative estimate of drug-likeness (QED) is 0.709. The molecule has 0 saturated heterocycles. The maximum atomic E-state index is 12.3. The van der Waals surface area contributed by atoms with Crippen molar-refractivity contribution in [3.8, 4) is 11.4 Å². The van der Waals surface area contributed by atoms with E-state index in [1.54, 1.807) is 11.7 Å². The number of amides is 1. The maximum Gasteiger partial charge on any atom is 0.228 e. The molecule has 0 aliphatic heterocycles. The van der Waals surface area contributed by atoms with Gasteiger partial charge in [0.1, 0.15) is 0 Å². The summed E-state index contributed by atoms with van der Waals surface area (Å²) in [4.78, 5) is 12.3. The average molecular weight is 349 g/mol. The Balaban J connectivity index is 1.62. The van der Waals surface area contributed by atoms with E-state index in [9.17, 15) is 4.79 Å². The van der Waals surface area contributed by atoms with Crippen molar-refractivity contribution in [2.75, 3.05) is 5.32 Å². The van der Waals surface area contributed by atoms with E-state index in [2.05, 4.69) is 39.9 Å². The van der Waals surface area contributed by atoms with Crippen molar-refractivity contribution >= 4 is 11.6 Å². The van der Waals surface area contributed by atoms with Gasteiger partial charge in [-0.15, -0.1) is 5.10 Å². The minimum atomic E-state index is -0.0421. The second-order valence-electron chi connectivity index (χ2n) is 6.35. The smallest absolute Gasteiger partial charge is 0.228 e. The number of nitrogens with one attached hydrogen (secondary N) is 1. The molecule has 2 aromatic carbocycles. The van der Waals surface area contributed by atoms with Crippen LogP contribution in [-0.2, 0) is 24.7 Å². The monoisotopic (exact) mass is 349 g/mol. The highest BCUT2D eigenvalue weighted by molar-refractivity contribution is 5.92. The molecule has 26 heavy (non-hydrogen) atoms. The number of aryl methyl sites for hydroxylation is 2. The van der Waals surface area contributed by atoms with Crippen molar-refractivity contribution in [3.63, 3.8) is 0 Å². The van der Waals surface area contributed by atoms with Gasteiger partial charge < -0.3 is 5.32 Å². The Hall–Kier alpha value is -3.02. The van der Waals surface area contributed by atoms with Gasteiger partial charge in [0.2, 0.25) is 5.91 Å². The molecule has 3 aromatic rings. The molecule has 6 heteroatoms. The van der Waals surface area contributed by atoms with Crippen LogP contribution in [0.4, 0.5) is 5.69 Å². The van der Waals surface area contributed by atoms with Gasteiger partial charge in [0.05, 0.1) is 6.42 Å². The molecule has 0 radical (unpaired) electrons. The van der Waals surface area contributed by atoms with Crippen LogP contribution in [0.1, 0.15) is 30.9 Å². The molecule has 1 aromatic heterocycles. The summed E-state index contributed by atoms with van der Waals surface area (Å²) >= 11 is 0. The SMILES string of the molecule is CCCCc1ccc(CC(=O)Nc2cccc(-c3nnnn3C)c2)cc1. The summed E-state index contributed by atoms with van der Waals surface area (Å²) in [7, 11) is 1.78. The van der Waals surface area contributed by atoms with Crippen molar-refractivity contribution in [1.29, 1.82) is 0 Å². The standard InChI is InChI=1S/C20H23N5O/c1-3-4-6-15-9-11-16(12-10-15)13-19(26)21-18-8-5-7-17(14-18)20-22-23-24-25(20)2/h5,7-12,14H,3-4,6,13H2,1-2H3,(H,21,26). The van der Waals surface area contributed by atoms with E-state index >= 15 is 0 Å². The Morgan fingerprint density at radius 1 is 1.12 bits per heavy atom. The van der Waals surface area contributed by atoms with Gasteiger partial charge in [-0.1, -0.05) is 49.7 Å². The Morgan fingerprint density at radius 2 is 1.88 bits per heavy atom. The molecule has 0 spiro atoms. The van der Waals surface area contributed by atoms with Crippen LogP contribution in [0, 0.1) is 0 Å². The molecule has 1 amide bonds. The molecular weight excluding hydrogens is 326 g/mol. The van der Waals surface area contributed by atoms with E-state index in [0.717, 1.165) is 23.2 Å². The van der Waals surface area contributed by atoms with Gasteiger partial charge in [-0.3, -0.25) is 4.79 Å². The third-order valence-corrected chi connectivity index (χ3v) is 4.23. The number of rotatable bonds is 7. The van der Waals surface area contributed by atoms with Crippen molar-refractivity contribution in [2.45, 2.75) is 32.6 Å². The number of unbranched alkanes of at least 4 members (excludes halogenated alkanes) is 1. The minimum Gasteiger partial charge on any atom is -0.326 e. The molecule has 0 atom stereocenters. The van der Waals surface area contributed by atoms with Gasteiger partial charge in [-0.25, -0.2) is 4.68 Å². The lowest BCUT2D eigenvalue weighted by molar-refractivity contribution is -0.115. The Bertz CT molecular complexity index is 870. The number of benzene rings is 2. The number of anilines is 1. The fourth-order valence-electron chi connectivity index (χ4n) is 2.81. The molecule has 0 saturated carbocycles. The normalized spacial score (nSPS) is 10.7. The first-order valence-corrected chi connectivity index (χ1v) is 8.86. The summed E-state index contributed by atoms with van der Waals surface area (Å²) in [6.07, 6.45) is 3.82. The van der Waals surface area contributed by atoms with E-state index in [4.69, 9.17) is 0 Å². The lowest BCUT2D eigenvalue weighted by atomic mass is 10.0. The molecule has 1 heterocycles. The van der Waals surface area contributed by atoms with Gasteiger partial charge in [-0.05, 0) is 46.5 Å². The average Bonchev–Trinajstić information content (AvgIpc) is 3.07. The van der Waals surface area contributed by atoms with Gasteiger partial charge in [0.25, 0.3) is 0 Å². The van der Waals surface area contributed by atoms with Gasteiger partial charge >= 0.3 is 0 Å². The molecule has 0 aliphatic carbocycles. The fourth-order valence-corrected chi connectivity index (χ4v) is 2.81. The summed E-state index contributed by atoms with van der Waals surface area (Å²) in [6, 6.07) is 15.8. The number of carbonyl (C=O) groups is 1. The second kappa shape index (κ2) is 8.38. The topological polar surface area (TPSA) is 72.7 Å². The number of nitrogens with zero attached hydrogens (tertiary/aromatic N) is 4. The zero-order valence-electron chi connectivity index (χ0n) is 15.1. The Labute approximate surface area is 153 Å². The van der Waals surface area contributed by atoms with Gasteiger partial charge in [0, 0.05) is 18.3 Å². The minimum absolute atomic E-state index is 0.0421. The van der Waals surface area contributed by atoms with E-state index in [1.165, 1.54) is 18.4 Å². The summed E-state index contributed by atoms with van der Waals surface area (Å²) in [5.41, 5.74) is 3.92. The van der Waals surface area contributed by atoms with E-state index in [-0.39, 0.29) is 5.91 Å². The van der Waals surface area contributed by atoms with E-state index in [0.29, 0.717) is 12.2 Å². The lowest BCUT2D eigenvalue weighted by Crippen LogP contribution is -2.14. The largest absolute Gasteiger partial charge is 0.326 e. The second-order valence-corrected chi connectivity index (χ2v) is 6.35. The number of aromatic nitrogens is 4. The maximum absolute atomic E-state index is 12.3. The van der Waals surface area contributed by atoms with E-state index < -0.39 is 0 Å². The molecule has 1 N–H and O–H groups in total. The fraction of sp³-hybridized carbons (Fsp3) is 0.300. The summed E-state index contributed by atoms with van der Waals surface area (Å²) in [5.74, 6) is 0.614. The number of hydrogen-bond acceptors (Lipinski definition) is 4. The molecule has 6 nitrogen and oxygen atoms in total. The Morgan fingerprint density at radius 3 is 2.58 bits per heavy atom. The summed E-state index contributed by atoms with van der Waals surface area (Å²) in [6.45, 7) is 2.19. The van der Waals surface area contributed by atoms with Crippen LogP contribution >= 0.6 is 0 Å². The predicted octanol–water partition coefficient (Wildman–Crippen LogP) is 3.40. The zero-order chi connectivity index (χ0) is 18.4. The van der Waals surface area contributed by atoms with Crippen LogP contribution in [-0.4, -0.2) is 26.1 Å². The predicted molar refractivity (Wildman–Crippen MR) is 102 cm³/mol. The van der Waals surface area contributed by atoms with Crippen LogP contribution in [0.3, 0.4) is 0 Å². The highest BCUT2D eigenvalue weighted by Crippen LogP contribution is 2.19. The van der Waals surface area contributed by atoms with E-state index in [1.807, 2.05) is 36.4 Å². The first kappa shape index (κ1) is 17.8. The molecule has 0 unspecified atom stereocenters. The van der Waals surface area contributed by atoms with Crippen molar-refractivity contribution in [3.05, 3.63) is 59.7 Å². The van der Waals surface area contributed by atoms with Crippen LogP contribution in [0.5, 0.6) is 0 Å². The van der Waals surface area contributed by atoms with Crippen molar-refractivity contribution < 1.29 is 4.79 Å². The number of tetrazole rings is 1. The molecule has 134 valence electrons. The van der Waals surface area contributed by atoms with Crippen LogP contribution < -0.4 is 5.32 Å². The Kier molecular flexibility index (Phi) is 5.73. The third kappa shape index (κ3) is 4.53. The molecule has 0 aliphatic rings. The first-order chi connectivity index (χ1) is 12.7. The number of carbonyl (C=O) groups excluding carboxylic acids is 1. The molecule has 0 fully saturated rings. The van der Waals surface area contributed by atoms with Crippen molar-refractivity contribution in [2.24, 2.45) is 7.05 Å². The van der Waals surface area contributed by atoms with Crippen molar-refractivity contribution in [1.82, 2.24) is 20.2 Å². The first-order valence-electron chi connectivity index (χ1n) is 8.86. The lowest BCUT2D eigenvalue weighted by Gasteiger charge is -2.08. The van der Waals surface area contributed by atoms with Crippen LogP contribution in [0.25, 0.3) is 11.4 Å². The van der Waals surface area contributed by atoms with Crippen LogP contribution in [0.2, 0.25) is 0 Å². The van der Waals surface area contributed by atoms with Crippen LogP contribution in [0.15, 0.2) is 48.5 Å². The number of hydrogen-bond donors (Lipinski definition) is 1. The molecular formula is C20H23N5O. The molecule has 3 rings (SSSR count). The molecule has 0 bridgehead atoms. The van der Waals surface area contributed by atoms with Gasteiger partial charge in [-0.2, -0.15) is 0 Å². The summed E-state index contributed by atoms with van der Waals surface area (Å²) < 4.78 is 1.60. The highest BCUT2D eigenvalue weighted by Gasteiger charge is 2.09. The highest BCUT2D eigenvalue weighted by atomic mass is 16.1. The zero-order valence-corrected chi connectivity index (χ0v) is 15.1.